The van der Waals surface area contributed by atoms with Gasteiger partial charge in [0.15, 0.2) is 11.4 Å². The molecule has 2 N–H and O–H groups in total. The van der Waals surface area contributed by atoms with E-state index in [1.54, 1.807) is 72.8 Å². The number of halogens is 8. The van der Waals surface area contributed by atoms with E-state index in [4.69, 9.17) is 55.9 Å². The molecule has 0 aliphatic carbocycles. The molecule has 0 radical (unpaired) electrons. The molecule has 4 heterocycles. The van der Waals surface area contributed by atoms with Gasteiger partial charge < -0.3 is 19.7 Å². The summed E-state index contributed by atoms with van der Waals surface area (Å²) < 4.78 is 44.4. The summed E-state index contributed by atoms with van der Waals surface area (Å²) in [7, 11) is 0. The van der Waals surface area contributed by atoms with Gasteiger partial charge in [-0.15, -0.1) is 0 Å². The molecule has 2 aliphatic heterocycles. The van der Waals surface area contributed by atoms with Crippen LogP contribution in [0, 0.1) is 23.5 Å². The molecule has 2 unspecified atom stereocenters. The first-order valence-electron chi connectivity index (χ1n) is 20.4. The van der Waals surface area contributed by atoms with E-state index < -0.39 is 58.7 Å². The molecule has 68 heavy (non-hydrogen) atoms. The summed E-state index contributed by atoms with van der Waals surface area (Å²) in [5.41, 5.74) is -1.54. The highest BCUT2D eigenvalue weighted by atomic mass is 79.9. The monoisotopic (exact) mass is 1130 g/mol. The van der Waals surface area contributed by atoms with Crippen molar-refractivity contribution in [2.45, 2.75) is 38.4 Å². The second kappa shape index (κ2) is 20.9. The number of benzene rings is 4. The lowest BCUT2D eigenvalue weighted by Crippen LogP contribution is -2.48. The summed E-state index contributed by atoms with van der Waals surface area (Å²) in [4.78, 5) is 61.7. The summed E-state index contributed by atoms with van der Waals surface area (Å²) >= 11 is 30.6. The minimum atomic E-state index is -1.76. The van der Waals surface area contributed by atoms with Crippen molar-refractivity contribution < 1.29 is 47.6 Å². The Morgan fingerprint density at radius 3 is 1.25 bits per heavy atom. The number of carboxylic acids is 2. The number of pyridine rings is 2. The number of nitrogens with zero attached hydrogens (tertiary/aromatic N) is 4. The van der Waals surface area contributed by atoms with Gasteiger partial charge in [-0.05, 0) is 86.6 Å². The average molecular weight is 1140 g/mol. The molecule has 12 nitrogen and oxygen atoms in total. The highest BCUT2D eigenvalue weighted by Gasteiger charge is 2.56. The predicted molar refractivity (Wildman–Crippen MR) is 256 cm³/mol. The third kappa shape index (κ3) is 10.1. The lowest BCUT2D eigenvalue weighted by molar-refractivity contribution is -0.154. The first kappa shape index (κ1) is 50.8. The normalized spacial score (nSPS) is 18.1. The van der Waals surface area contributed by atoms with Crippen molar-refractivity contribution in [3.63, 3.8) is 0 Å². The molecule has 2 aliphatic rings. The van der Waals surface area contributed by atoms with Crippen LogP contribution < -0.4 is 0 Å². The molecule has 0 saturated heterocycles. The number of carboxylic acid groups (broad SMARTS) is 2. The van der Waals surface area contributed by atoms with Crippen LogP contribution in [0.3, 0.4) is 0 Å². The number of ether oxygens (including phenoxy) is 2. The number of hydrogen-bond acceptors (Lipinski definition) is 8. The average Bonchev–Trinajstić information content (AvgIpc) is 3.67. The molecule has 0 saturated carbocycles. The Bertz CT molecular complexity index is 2710. The van der Waals surface area contributed by atoms with Crippen LogP contribution in [0.1, 0.15) is 68.2 Å². The van der Waals surface area contributed by atoms with Crippen molar-refractivity contribution in [3.05, 3.63) is 195 Å². The van der Waals surface area contributed by atoms with Crippen LogP contribution in [0.2, 0.25) is 20.1 Å². The fraction of sp³-hybridized carbons (Fsp3) is 0.208. The maximum Gasteiger partial charge on any atom is 0.308 e. The Kier molecular flexibility index (Phi) is 15.6. The van der Waals surface area contributed by atoms with Gasteiger partial charge in [0.25, 0.3) is 11.8 Å². The van der Waals surface area contributed by atoms with Crippen LogP contribution in [0.4, 0.5) is 8.78 Å². The van der Waals surface area contributed by atoms with E-state index in [2.05, 4.69) is 41.8 Å². The molecule has 20 heteroatoms. The zero-order valence-corrected chi connectivity index (χ0v) is 41.7. The largest absolute Gasteiger partial charge is 0.481 e. The Hall–Kier alpha value is -5.04. The molecule has 4 aromatic carbocycles. The summed E-state index contributed by atoms with van der Waals surface area (Å²) in [5.74, 6) is -6.36. The SMILES string of the molecule is C[C@@H](COC1(c2ccc(Cl)cc2)c2c(F)cc(Br)cc2C(=O)N1Cc1ccc(Cl)cn1)C(=O)O.C[C@H](COC1(c2ccc(Cl)cc2)c2c(F)cc(Br)cc2C(=O)N1Cc1ccc(Cl)cn1)C(=O)O. The van der Waals surface area contributed by atoms with Crippen molar-refractivity contribution in [3.8, 4) is 0 Å². The second-order valence-corrected chi connectivity index (χ2v) is 19.3. The smallest absolute Gasteiger partial charge is 0.308 e. The Balaban J connectivity index is 0.000000201. The van der Waals surface area contributed by atoms with Gasteiger partial charge in [0.1, 0.15) is 11.6 Å². The number of aliphatic carboxylic acids is 2. The van der Waals surface area contributed by atoms with E-state index in [-0.39, 0.29) is 48.6 Å². The zero-order valence-electron chi connectivity index (χ0n) is 35.5. The van der Waals surface area contributed by atoms with Gasteiger partial charge in [-0.2, -0.15) is 0 Å². The minimum absolute atomic E-state index is 0.00502. The molecule has 0 fully saturated rings. The van der Waals surface area contributed by atoms with Crippen molar-refractivity contribution in [2.24, 2.45) is 11.8 Å². The Labute approximate surface area is 425 Å². The van der Waals surface area contributed by atoms with Gasteiger partial charge in [-0.25, -0.2) is 8.78 Å². The van der Waals surface area contributed by atoms with Crippen molar-refractivity contribution in [2.75, 3.05) is 13.2 Å². The van der Waals surface area contributed by atoms with E-state index in [0.717, 1.165) is 0 Å². The number of rotatable bonds is 14. The number of carbonyl (C=O) groups excluding carboxylic acids is 2. The highest BCUT2D eigenvalue weighted by molar-refractivity contribution is 9.10. The molecule has 2 amide bonds. The first-order chi connectivity index (χ1) is 32.3. The quantitative estimate of drug-likeness (QED) is 0.107. The van der Waals surface area contributed by atoms with Gasteiger partial charge in [0, 0.05) is 42.5 Å². The van der Waals surface area contributed by atoms with Gasteiger partial charge in [-0.3, -0.25) is 38.9 Å². The fourth-order valence-corrected chi connectivity index (χ4v) is 9.10. The molecular weight excluding hydrogens is 1100 g/mol. The van der Waals surface area contributed by atoms with Crippen LogP contribution in [-0.4, -0.2) is 66.9 Å². The Morgan fingerprint density at radius 2 is 0.941 bits per heavy atom. The molecular formula is C48H36Br2Cl4F2N4O8. The van der Waals surface area contributed by atoms with Crippen LogP contribution in [-0.2, 0) is 43.6 Å². The second-order valence-electron chi connectivity index (χ2n) is 15.7. The summed E-state index contributed by atoms with van der Waals surface area (Å²) in [6, 6.07) is 25.0. The standard InChI is InChI=1S/2C24H18BrCl2FN2O4/c2*1-13(23(32)33)12-34-24(14-2-4-16(26)5-3-14)21-19(8-15(25)9-20(21)28)22(31)30(24)11-18-7-6-17(27)10-29-18/h2*2-10,13H,11-12H2,1H3,(H,32,33)/t2*13-,24?/m10/s1. The lowest BCUT2D eigenvalue weighted by Gasteiger charge is -2.40. The minimum Gasteiger partial charge on any atom is -0.481 e. The maximum absolute atomic E-state index is 15.6. The zero-order chi connectivity index (χ0) is 49.2. The number of amides is 2. The van der Waals surface area contributed by atoms with Crippen LogP contribution in [0.15, 0.2) is 118 Å². The number of carbonyl (C=O) groups is 4. The van der Waals surface area contributed by atoms with E-state index >= 15 is 8.78 Å². The van der Waals surface area contributed by atoms with Crippen LogP contribution in [0.25, 0.3) is 0 Å². The molecule has 8 rings (SSSR count). The number of hydrogen-bond donors (Lipinski definition) is 2. The summed E-state index contributed by atoms with van der Waals surface area (Å²) in [6.45, 7) is 2.27. The topological polar surface area (TPSA) is 159 Å². The third-order valence-electron chi connectivity index (χ3n) is 11.1. The van der Waals surface area contributed by atoms with Gasteiger partial charge >= 0.3 is 11.9 Å². The molecule has 0 bridgehead atoms. The Morgan fingerprint density at radius 1 is 0.603 bits per heavy atom. The number of fused-ring (bicyclic) bond motifs is 2. The van der Waals surface area contributed by atoms with Gasteiger partial charge in [0.2, 0.25) is 0 Å². The van der Waals surface area contributed by atoms with Crippen molar-refractivity contribution in [1.82, 2.24) is 19.8 Å². The lowest BCUT2D eigenvalue weighted by atomic mass is 9.92. The van der Waals surface area contributed by atoms with Crippen LogP contribution in [0.5, 0.6) is 0 Å². The molecule has 2 aromatic heterocycles. The highest BCUT2D eigenvalue weighted by Crippen LogP contribution is 2.50. The van der Waals surface area contributed by atoms with Crippen molar-refractivity contribution in [1.29, 1.82) is 0 Å². The maximum atomic E-state index is 15.6. The van der Waals surface area contributed by atoms with E-state index in [9.17, 15) is 29.4 Å². The first-order valence-corrected chi connectivity index (χ1v) is 23.5. The summed E-state index contributed by atoms with van der Waals surface area (Å²) in [5, 5.41) is 20.6. The van der Waals surface area contributed by atoms with E-state index in [1.165, 1.54) is 60.3 Å². The van der Waals surface area contributed by atoms with Crippen LogP contribution >= 0.6 is 78.3 Å². The molecule has 0 spiro atoms. The number of aromatic nitrogens is 2. The van der Waals surface area contributed by atoms with E-state index in [0.29, 0.717) is 51.6 Å². The third-order valence-corrected chi connectivity index (χ3v) is 13.0. The van der Waals surface area contributed by atoms with E-state index in [1.807, 2.05) is 0 Å². The summed E-state index contributed by atoms with van der Waals surface area (Å²) in [6.07, 6.45) is 2.89. The molecule has 4 atom stereocenters. The van der Waals surface area contributed by atoms with Gasteiger partial charge in [0.05, 0.1) is 81.8 Å². The fourth-order valence-electron chi connectivity index (χ4n) is 7.76. The molecule has 6 aromatic rings. The predicted octanol–water partition coefficient (Wildman–Crippen LogP) is 11.8. The molecule has 352 valence electrons. The van der Waals surface area contributed by atoms with Gasteiger partial charge in [-0.1, -0.05) is 103 Å². The van der Waals surface area contributed by atoms with Crippen molar-refractivity contribution >= 4 is 102 Å².